The quantitative estimate of drug-likeness (QED) is 0.216. The van der Waals surface area contributed by atoms with E-state index in [0.29, 0.717) is 0 Å². The number of hydrogen-bond donors (Lipinski definition) is 6. The highest BCUT2D eigenvalue weighted by Gasteiger charge is 2.59. The van der Waals surface area contributed by atoms with Crippen molar-refractivity contribution in [3.63, 3.8) is 0 Å². The molecule has 1 aromatic heterocycles. The second-order valence-corrected chi connectivity index (χ2v) is 12.4. The Labute approximate surface area is 176 Å². The molecule has 1 aromatic rings. The van der Waals surface area contributed by atoms with Crippen molar-refractivity contribution >= 4 is 31.4 Å². The van der Waals surface area contributed by atoms with Gasteiger partial charge in [0.2, 0.25) is 11.5 Å². The van der Waals surface area contributed by atoms with E-state index in [2.05, 4.69) is 21.7 Å². The molecular weight excluding hydrogens is 537 g/mol. The van der Waals surface area contributed by atoms with Crippen molar-refractivity contribution in [1.29, 1.82) is 0 Å². The standard InChI is InChI=1S/C10H15F3N2O13P4/c11-3-10(13)6(16)5(26-8(10)15-1-4(12)7(17)14-9(15)18)2-25-30(19,20)27-31(21,22)28-32(23,24)29/h1,5-6,8,16,23-24,29H,2-3H2,(H,19,20)(H,21,22)(H,14,17,18)/t5-,6+,8-,10?/m1/s1. The van der Waals surface area contributed by atoms with Gasteiger partial charge in [0, 0.05) is 0 Å². The number of aromatic nitrogens is 2. The fraction of sp³-hybridized carbons (Fsp3) is 0.600. The molecule has 6 atom stereocenters. The van der Waals surface area contributed by atoms with E-state index in [1.165, 1.54) is 4.98 Å². The average Bonchev–Trinajstić information content (AvgIpc) is 2.85. The van der Waals surface area contributed by atoms with Crippen LogP contribution in [0.3, 0.4) is 0 Å². The number of alkyl halides is 2. The van der Waals surface area contributed by atoms with Crippen LogP contribution in [0.15, 0.2) is 15.8 Å². The van der Waals surface area contributed by atoms with E-state index in [1.807, 2.05) is 0 Å². The summed E-state index contributed by atoms with van der Waals surface area (Å²) < 4.78 is 81.9. The minimum absolute atomic E-state index is 0.0753. The van der Waals surface area contributed by atoms with Crippen molar-refractivity contribution in [2.75, 3.05) is 13.3 Å². The molecule has 1 aliphatic rings. The van der Waals surface area contributed by atoms with E-state index in [1.54, 1.807) is 0 Å². The van der Waals surface area contributed by atoms with Gasteiger partial charge in [0.15, 0.2) is 6.23 Å². The van der Waals surface area contributed by atoms with Gasteiger partial charge in [-0.05, 0) is 8.53 Å². The maximum Gasteiger partial charge on any atom is 0.488 e. The second kappa shape index (κ2) is 9.51. The fourth-order valence-electron chi connectivity index (χ4n) is 2.50. The predicted octanol–water partition coefficient (Wildman–Crippen LogP) is -0.333. The molecule has 0 aliphatic carbocycles. The number of nitrogens with one attached hydrogen (secondary N) is 1. The van der Waals surface area contributed by atoms with Crippen LogP contribution in [0.5, 0.6) is 0 Å². The topological polar surface area (TPSA) is 227 Å². The van der Waals surface area contributed by atoms with E-state index < -0.39 is 77.3 Å². The molecule has 2 heterocycles. The zero-order chi connectivity index (χ0) is 24.7. The molecule has 22 heteroatoms. The normalized spacial score (nSPS) is 30.1. The summed E-state index contributed by atoms with van der Waals surface area (Å²) in [6.45, 7) is -3.34. The summed E-state index contributed by atoms with van der Waals surface area (Å²) in [7, 11) is -13.7. The summed E-state index contributed by atoms with van der Waals surface area (Å²) in [5, 5.41) is 10.0. The molecule has 184 valence electrons. The molecule has 1 aliphatic heterocycles. The van der Waals surface area contributed by atoms with Gasteiger partial charge < -0.3 is 29.4 Å². The Morgan fingerprint density at radius 2 is 1.81 bits per heavy atom. The molecule has 1 fully saturated rings. The van der Waals surface area contributed by atoms with E-state index >= 15 is 4.39 Å². The molecule has 0 aromatic carbocycles. The number of rotatable bonds is 9. The van der Waals surface area contributed by atoms with Crippen molar-refractivity contribution in [3.8, 4) is 0 Å². The Balaban J connectivity index is 2.22. The van der Waals surface area contributed by atoms with Crippen LogP contribution in [0.1, 0.15) is 6.23 Å². The first-order chi connectivity index (χ1) is 14.4. The van der Waals surface area contributed by atoms with Gasteiger partial charge in [-0.2, -0.15) is 8.70 Å². The summed E-state index contributed by atoms with van der Waals surface area (Å²) >= 11 is 0. The Kier molecular flexibility index (Phi) is 8.19. The maximum absolute atomic E-state index is 15.0. The number of H-pyrrole nitrogens is 1. The molecule has 1 saturated heterocycles. The summed E-state index contributed by atoms with van der Waals surface area (Å²) in [6, 6.07) is 0. The van der Waals surface area contributed by atoms with Gasteiger partial charge in [-0.3, -0.25) is 18.9 Å². The van der Waals surface area contributed by atoms with Gasteiger partial charge in [-0.25, -0.2) is 27.0 Å². The van der Waals surface area contributed by atoms with Crippen molar-refractivity contribution in [3.05, 3.63) is 32.9 Å². The second-order valence-electron chi connectivity index (χ2n) is 6.12. The largest absolute Gasteiger partial charge is 0.488 e. The van der Waals surface area contributed by atoms with Crippen LogP contribution in [-0.2, 0) is 27.0 Å². The van der Waals surface area contributed by atoms with Gasteiger partial charge in [0.1, 0.15) is 18.9 Å². The van der Waals surface area contributed by atoms with Crippen LogP contribution >= 0.6 is 31.4 Å². The van der Waals surface area contributed by atoms with E-state index in [4.69, 9.17) is 14.5 Å². The van der Waals surface area contributed by atoms with Crippen LogP contribution in [0.2, 0.25) is 0 Å². The zero-order valence-corrected chi connectivity index (χ0v) is 18.8. The number of ether oxygens (including phenoxy) is 1. The summed E-state index contributed by atoms with van der Waals surface area (Å²) in [5.41, 5.74) is -6.37. The predicted molar refractivity (Wildman–Crippen MR) is 98.5 cm³/mol. The molecule has 0 saturated carbocycles. The molecule has 0 radical (unpaired) electrons. The van der Waals surface area contributed by atoms with Crippen LogP contribution < -0.4 is 11.2 Å². The number of hydrogen-bond acceptors (Lipinski definition) is 9. The number of halogens is 3. The Morgan fingerprint density at radius 1 is 1.22 bits per heavy atom. The summed E-state index contributed by atoms with van der Waals surface area (Å²) in [5.74, 6) is -1.59. The smallest absolute Gasteiger partial charge is 0.387 e. The minimum atomic E-state index is -5.62. The number of aliphatic hydroxyl groups excluding tert-OH is 1. The molecule has 2 rings (SSSR count). The van der Waals surface area contributed by atoms with Gasteiger partial charge in [-0.15, -0.1) is 0 Å². The van der Waals surface area contributed by atoms with Gasteiger partial charge in [-0.1, -0.05) is 0 Å². The lowest BCUT2D eigenvalue weighted by atomic mass is 9.97. The number of nitrogens with zero attached hydrogens (tertiary/aromatic N) is 1. The highest BCUT2D eigenvalue weighted by atomic mass is 31.8. The Bertz CT molecular complexity index is 1120. The van der Waals surface area contributed by atoms with Crippen molar-refractivity contribution in [2.24, 2.45) is 0 Å². The fourth-order valence-corrected chi connectivity index (χ4v) is 6.53. The van der Waals surface area contributed by atoms with Gasteiger partial charge >= 0.3 is 21.3 Å². The summed E-state index contributed by atoms with van der Waals surface area (Å²) in [4.78, 5) is 60.8. The third-order valence-corrected chi connectivity index (χ3v) is 8.36. The third kappa shape index (κ3) is 6.45. The molecule has 15 nitrogen and oxygen atoms in total. The molecule has 0 spiro atoms. The zero-order valence-electron chi connectivity index (χ0n) is 15.1. The van der Waals surface area contributed by atoms with E-state index in [0.717, 1.165) is 0 Å². The van der Waals surface area contributed by atoms with E-state index in [-0.39, 0.29) is 10.8 Å². The molecule has 32 heavy (non-hydrogen) atoms. The lowest BCUT2D eigenvalue weighted by Gasteiger charge is -2.26. The van der Waals surface area contributed by atoms with Gasteiger partial charge in [0.25, 0.3) is 12.8 Å². The lowest BCUT2D eigenvalue weighted by Crippen LogP contribution is -2.48. The maximum atomic E-state index is 15.0. The molecule has 0 amide bonds. The van der Waals surface area contributed by atoms with Crippen molar-refractivity contribution < 1.29 is 64.9 Å². The van der Waals surface area contributed by atoms with E-state index in [9.17, 15) is 42.4 Å². The monoisotopic (exact) mass is 552 g/mol. The molecule has 0 bridgehead atoms. The highest BCUT2D eigenvalue weighted by Crippen LogP contribution is 2.67. The van der Waals surface area contributed by atoms with Gasteiger partial charge in [0.05, 0.1) is 12.8 Å². The van der Waals surface area contributed by atoms with Crippen LogP contribution in [0, 0.1) is 5.82 Å². The summed E-state index contributed by atoms with van der Waals surface area (Å²) in [6.07, 6.45) is -6.76. The lowest BCUT2D eigenvalue weighted by molar-refractivity contribution is -0.0735. The van der Waals surface area contributed by atoms with Crippen molar-refractivity contribution in [2.45, 2.75) is 24.1 Å². The number of phosphoric ester groups is 1. The highest BCUT2D eigenvalue weighted by molar-refractivity contribution is 7.91. The average molecular weight is 552 g/mol. The van der Waals surface area contributed by atoms with Crippen LogP contribution in [-0.4, -0.2) is 65.4 Å². The van der Waals surface area contributed by atoms with Crippen LogP contribution in [0.4, 0.5) is 13.2 Å². The molecular formula is C10H15F3N2O13P4. The SMILES string of the molecule is O=c1[nH]c(=O)n([C@@H]2O[C@H](COP(=O)(O)OP(=O)(O)OP(O)(O)=P)[C@H](O)C2(F)CF)cc1F. The number of aromatic amines is 1. The first-order valence-electron chi connectivity index (χ1n) is 7.82. The minimum Gasteiger partial charge on any atom is -0.387 e. The molecule has 3 unspecified atom stereocenters. The van der Waals surface area contributed by atoms with Crippen molar-refractivity contribution in [1.82, 2.24) is 9.55 Å². The Morgan fingerprint density at radius 3 is 2.34 bits per heavy atom. The van der Waals surface area contributed by atoms with Crippen LogP contribution in [0.25, 0.3) is 0 Å². The first-order valence-corrected chi connectivity index (χ1v) is 13.8. The Hall–Kier alpha value is -0.700. The number of phosphoric acid groups is 2. The third-order valence-electron chi connectivity index (χ3n) is 3.77. The first kappa shape index (κ1) is 27.5. The molecule has 6 N–H and O–H groups in total. The number of aliphatic hydroxyl groups is 1.